The summed E-state index contributed by atoms with van der Waals surface area (Å²) in [6.07, 6.45) is 4.90. The third-order valence-electron chi connectivity index (χ3n) is 4.27. The van der Waals surface area contributed by atoms with Crippen LogP contribution in [0.3, 0.4) is 0 Å². The van der Waals surface area contributed by atoms with Gasteiger partial charge in [-0.05, 0) is 48.9 Å². The van der Waals surface area contributed by atoms with E-state index >= 15 is 0 Å². The molecular weight excluding hydrogens is 296 g/mol. The summed E-state index contributed by atoms with van der Waals surface area (Å²) >= 11 is 0. The minimum absolute atomic E-state index is 1.04. The second-order valence-electron chi connectivity index (χ2n) is 9.05. The van der Waals surface area contributed by atoms with E-state index in [0.717, 1.165) is 0 Å². The molecule has 0 nitrogen and oxygen atoms in total. The fraction of sp³-hybridized carbons (Fsp3) is 0.800. The monoisotopic (exact) mass is 338 g/mol. The first-order valence-corrected chi connectivity index (χ1v) is 16.8. The van der Waals surface area contributed by atoms with Crippen LogP contribution in [0.25, 0.3) is 0 Å². The maximum atomic E-state index is 2.51. The molecule has 0 unspecified atom stereocenters. The molecule has 0 spiro atoms. The molecule has 22 heavy (non-hydrogen) atoms. The molecule has 2 heteroatoms. The normalized spacial score (nSPS) is 15.5. The lowest BCUT2D eigenvalue weighted by molar-refractivity contribution is 0.912. The lowest BCUT2D eigenvalue weighted by Gasteiger charge is -2.26. The van der Waals surface area contributed by atoms with Crippen LogP contribution in [0.4, 0.5) is 0 Å². The Balaban J connectivity index is 5.98. The summed E-state index contributed by atoms with van der Waals surface area (Å²) in [7, 11) is -2.09. The lowest BCUT2D eigenvalue weighted by Crippen LogP contribution is -2.22. The summed E-state index contributed by atoms with van der Waals surface area (Å²) in [5.41, 5.74) is 6.98. The zero-order chi connectivity index (χ0) is 17.6. The van der Waals surface area contributed by atoms with Gasteiger partial charge in [-0.15, -0.1) is 0 Å². The molecule has 0 aromatic rings. The summed E-state index contributed by atoms with van der Waals surface area (Å²) in [6, 6.07) is 2.75. The van der Waals surface area contributed by atoms with Gasteiger partial charge in [0.05, 0.1) is 0 Å². The Morgan fingerprint density at radius 2 is 0.773 bits per heavy atom. The number of rotatable bonds is 9. The topological polar surface area (TPSA) is 0 Å². The average molecular weight is 339 g/mol. The first-order chi connectivity index (χ1) is 9.99. The molecule has 0 radical (unpaired) electrons. The zero-order valence-corrected chi connectivity index (χ0v) is 19.2. The first-order valence-electron chi connectivity index (χ1n) is 9.41. The molecule has 0 atom stereocenters. The Morgan fingerprint density at radius 1 is 0.500 bits per heavy atom. The zero-order valence-electron chi connectivity index (χ0n) is 17.2. The van der Waals surface area contributed by atoms with Crippen LogP contribution in [0, 0.1) is 0 Å². The predicted molar refractivity (Wildman–Crippen MR) is 112 cm³/mol. The van der Waals surface area contributed by atoms with Crippen LogP contribution in [0.1, 0.15) is 53.4 Å². The molecule has 0 aliphatic carbocycles. The molecule has 0 rings (SSSR count). The number of allylic oxidation sites excluding steroid dienone is 4. The van der Waals surface area contributed by atoms with Crippen molar-refractivity contribution < 1.29 is 0 Å². The SMILES string of the molecule is CC/C(C[Si](C)(C)C)=C(CC)/C(CC)=C(\CC)C[Si](C)(C)C. The molecule has 0 fully saturated rings. The molecule has 0 aromatic heterocycles. The van der Waals surface area contributed by atoms with E-state index in [2.05, 4.69) is 67.0 Å². The summed E-state index contributed by atoms with van der Waals surface area (Å²) < 4.78 is 0. The van der Waals surface area contributed by atoms with Crippen LogP contribution in [-0.2, 0) is 0 Å². The molecule has 0 aliphatic heterocycles. The van der Waals surface area contributed by atoms with Crippen molar-refractivity contribution in [2.75, 3.05) is 0 Å². The Labute approximate surface area is 143 Å². The van der Waals surface area contributed by atoms with E-state index in [1.165, 1.54) is 37.8 Å². The third-order valence-corrected chi connectivity index (χ3v) is 7.24. The Kier molecular flexibility index (Phi) is 9.23. The standard InChI is InChI=1S/C20H42Si2/c1-11-17(15-21(5,6)7)19(13-3)20(14-4)18(12-2)16-22(8,9)10/h11-16H2,1-10H3/b19-17-,20-18+. The molecule has 0 aromatic carbocycles. The van der Waals surface area contributed by atoms with Crippen molar-refractivity contribution in [1.29, 1.82) is 0 Å². The highest BCUT2D eigenvalue weighted by molar-refractivity contribution is 6.77. The minimum Gasteiger partial charge on any atom is -0.0697 e. The second-order valence-corrected chi connectivity index (χ2v) is 20.0. The van der Waals surface area contributed by atoms with Crippen LogP contribution in [0.15, 0.2) is 22.3 Å². The van der Waals surface area contributed by atoms with E-state index in [1.54, 1.807) is 22.3 Å². The number of hydrogen-bond donors (Lipinski definition) is 0. The maximum Gasteiger partial charge on any atom is 0.0483 e. The van der Waals surface area contributed by atoms with Gasteiger partial charge in [-0.2, -0.15) is 0 Å². The smallest absolute Gasteiger partial charge is 0.0483 e. The van der Waals surface area contributed by atoms with Crippen molar-refractivity contribution in [2.24, 2.45) is 0 Å². The van der Waals surface area contributed by atoms with Gasteiger partial charge in [0.25, 0.3) is 0 Å². The molecule has 130 valence electrons. The van der Waals surface area contributed by atoms with Crippen LogP contribution in [-0.4, -0.2) is 16.1 Å². The fourth-order valence-corrected chi connectivity index (χ4v) is 7.01. The van der Waals surface area contributed by atoms with Gasteiger partial charge in [-0.1, -0.05) is 78.1 Å². The molecule has 0 bridgehead atoms. The Bertz CT molecular complexity index is 360. The fourth-order valence-electron chi connectivity index (χ4n) is 3.52. The van der Waals surface area contributed by atoms with Gasteiger partial charge in [0.1, 0.15) is 0 Å². The molecule has 0 amide bonds. The van der Waals surface area contributed by atoms with Crippen LogP contribution < -0.4 is 0 Å². The summed E-state index contributed by atoms with van der Waals surface area (Å²) in [4.78, 5) is 0. The largest absolute Gasteiger partial charge is 0.0697 e. The Morgan fingerprint density at radius 3 is 0.909 bits per heavy atom. The highest BCUT2D eigenvalue weighted by Gasteiger charge is 2.21. The third kappa shape index (κ3) is 7.96. The van der Waals surface area contributed by atoms with Gasteiger partial charge in [-0.3, -0.25) is 0 Å². The van der Waals surface area contributed by atoms with E-state index < -0.39 is 16.1 Å². The van der Waals surface area contributed by atoms with Gasteiger partial charge < -0.3 is 0 Å². The first kappa shape index (κ1) is 21.9. The van der Waals surface area contributed by atoms with Gasteiger partial charge in [0, 0.05) is 16.1 Å². The van der Waals surface area contributed by atoms with Crippen molar-refractivity contribution in [1.82, 2.24) is 0 Å². The molecule has 0 N–H and O–H groups in total. The van der Waals surface area contributed by atoms with Crippen molar-refractivity contribution in [2.45, 2.75) is 105 Å². The van der Waals surface area contributed by atoms with E-state index in [1.807, 2.05) is 0 Å². The van der Waals surface area contributed by atoms with Crippen molar-refractivity contribution in [3.05, 3.63) is 22.3 Å². The van der Waals surface area contributed by atoms with Crippen molar-refractivity contribution in [3.8, 4) is 0 Å². The Hall–Kier alpha value is -0.0862. The van der Waals surface area contributed by atoms with Crippen LogP contribution in [0.5, 0.6) is 0 Å². The quantitative estimate of drug-likeness (QED) is 0.296. The molecular formula is C20H42Si2. The van der Waals surface area contributed by atoms with Gasteiger partial charge in [0.2, 0.25) is 0 Å². The molecule has 0 saturated heterocycles. The average Bonchev–Trinajstić information content (AvgIpc) is 2.38. The van der Waals surface area contributed by atoms with E-state index in [-0.39, 0.29) is 0 Å². The minimum atomic E-state index is -1.04. The maximum absolute atomic E-state index is 2.51. The second kappa shape index (κ2) is 9.27. The highest BCUT2D eigenvalue weighted by Crippen LogP contribution is 2.34. The van der Waals surface area contributed by atoms with E-state index in [0.29, 0.717) is 0 Å². The van der Waals surface area contributed by atoms with Gasteiger partial charge >= 0.3 is 0 Å². The van der Waals surface area contributed by atoms with E-state index in [9.17, 15) is 0 Å². The lowest BCUT2D eigenvalue weighted by atomic mass is 9.90. The highest BCUT2D eigenvalue weighted by atomic mass is 28.3. The van der Waals surface area contributed by atoms with Gasteiger partial charge in [-0.25, -0.2) is 0 Å². The van der Waals surface area contributed by atoms with E-state index in [4.69, 9.17) is 0 Å². The van der Waals surface area contributed by atoms with Crippen molar-refractivity contribution >= 4 is 16.1 Å². The molecule has 0 aliphatic rings. The summed E-state index contributed by atoms with van der Waals surface area (Å²) in [5, 5.41) is 0. The van der Waals surface area contributed by atoms with Crippen LogP contribution >= 0.6 is 0 Å². The summed E-state index contributed by atoms with van der Waals surface area (Å²) in [5.74, 6) is 0. The molecule has 0 saturated carbocycles. The van der Waals surface area contributed by atoms with Crippen LogP contribution in [0.2, 0.25) is 51.4 Å². The molecule has 0 heterocycles. The predicted octanol–water partition coefficient (Wildman–Crippen LogP) is 7.90. The summed E-state index contributed by atoms with van der Waals surface area (Å²) in [6.45, 7) is 24.5. The van der Waals surface area contributed by atoms with Crippen molar-refractivity contribution in [3.63, 3.8) is 0 Å². The number of hydrogen-bond acceptors (Lipinski definition) is 0. The van der Waals surface area contributed by atoms with Gasteiger partial charge in [0.15, 0.2) is 0 Å².